The molecule has 66 valence electrons. The highest BCUT2D eigenvalue weighted by Crippen LogP contribution is 2.10. The lowest BCUT2D eigenvalue weighted by atomic mass is 10.4. The van der Waals surface area contributed by atoms with Gasteiger partial charge in [-0.25, -0.2) is 0 Å². The summed E-state index contributed by atoms with van der Waals surface area (Å²) in [5, 5.41) is 0. The highest BCUT2D eigenvalue weighted by atomic mass is 16.6. The molecule has 0 aromatic heterocycles. The molecule has 0 aromatic carbocycles. The minimum atomic E-state index is 0.303. The van der Waals surface area contributed by atoms with E-state index in [9.17, 15) is 0 Å². The molecule has 2 nitrogen and oxygen atoms in total. The van der Waals surface area contributed by atoms with E-state index >= 15 is 0 Å². The fraction of sp³-hybridized carbons (Fsp3) is 0.400. The number of allylic oxidation sites excluding steroid dienone is 4. The lowest BCUT2D eigenvalue weighted by Gasteiger charge is -2.01. The van der Waals surface area contributed by atoms with E-state index in [0.717, 1.165) is 6.61 Å². The predicted octanol–water partition coefficient (Wildman–Crippen LogP) is 2.05. The number of epoxide rings is 1. The van der Waals surface area contributed by atoms with Crippen molar-refractivity contribution < 1.29 is 9.47 Å². The average molecular weight is 166 g/mol. The molecule has 0 bridgehead atoms. The summed E-state index contributed by atoms with van der Waals surface area (Å²) in [5.74, 6) is 0.684. The van der Waals surface area contributed by atoms with Gasteiger partial charge in [0, 0.05) is 0 Å². The van der Waals surface area contributed by atoms with Gasteiger partial charge >= 0.3 is 0 Å². The van der Waals surface area contributed by atoms with E-state index in [0.29, 0.717) is 18.5 Å². The summed E-state index contributed by atoms with van der Waals surface area (Å²) in [4.78, 5) is 0. The van der Waals surface area contributed by atoms with Crippen LogP contribution in [0.5, 0.6) is 0 Å². The van der Waals surface area contributed by atoms with Crippen molar-refractivity contribution >= 4 is 0 Å². The zero-order chi connectivity index (χ0) is 8.81. The minimum absolute atomic E-state index is 0.303. The second-order valence-corrected chi connectivity index (χ2v) is 2.62. The maximum absolute atomic E-state index is 5.27. The lowest BCUT2D eigenvalue weighted by Crippen LogP contribution is -1.98. The minimum Gasteiger partial charge on any atom is -0.491 e. The zero-order valence-electron chi connectivity index (χ0n) is 7.32. The number of rotatable bonds is 5. The van der Waals surface area contributed by atoms with Crippen molar-refractivity contribution in [3.63, 3.8) is 0 Å². The maximum Gasteiger partial charge on any atom is 0.117 e. The van der Waals surface area contributed by atoms with E-state index in [2.05, 4.69) is 6.58 Å². The van der Waals surface area contributed by atoms with Crippen molar-refractivity contribution in [2.45, 2.75) is 13.0 Å². The van der Waals surface area contributed by atoms with Crippen LogP contribution in [0.1, 0.15) is 6.92 Å². The third-order valence-corrected chi connectivity index (χ3v) is 1.44. The molecule has 0 aromatic rings. The first-order valence-corrected chi connectivity index (χ1v) is 4.05. The van der Waals surface area contributed by atoms with E-state index < -0.39 is 0 Å². The molecule has 12 heavy (non-hydrogen) atoms. The second kappa shape index (κ2) is 4.78. The monoisotopic (exact) mass is 166 g/mol. The smallest absolute Gasteiger partial charge is 0.117 e. The average Bonchev–Trinajstić information content (AvgIpc) is 2.84. The molecule has 0 N–H and O–H groups in total. The summed E-state index contributed by atoms with van der Waals surface area (Å²) in [6.07, 6.45) is 7.92. The third-order valence-electron chi connectivity index (χ3n) is 1.44. The Morgan fingerprint density at radius 2 is 2.42 bits per heavy atom. The molecule has 1 fully saturated rings. The lowest BCUT2D eigenvalue weighted by molar-refractivity contribution is 0.194. The molecule has 1 rings (SSSR count). The Balaban J connectivity index is 2.09. The standard InChI is InChI=1S/C10H14O2/c1-3-4-5-6-9(2)11-7-10-8-12-10/h3-6,10H,2,7-8H2,1H3/b4-3-,6-5-. The molecule has 2 heteroatoms. The first-order valence-electron chi connectivity index (χ1n) is 4.05. The van der Waals surface area contributed by atoms with Gasteiger partial charge in [-0.3, -0.25) is 0 Å². The van der Waals surface area contributed by atoms with Crippen molar-refractivity contribution in [1.29, 1.82) is 0 Å². The molecule has 0 spiro atoms. The first kappa shape index (κ1) is 9.07. The molecular formula is C10H14O2. The molecule has 1 saturated heterocycles. The van der Waals surface area contributed by atoms with Gasteiger partial charge in [-0.05, 0) is 13.0 Å². The van der Waals surface area contributed by atoms with Crippen LogP contribution in [0.15, 0.2) is 36.6 Å². The van der Waals surface area contributed by atoms with Crippen molar-refractivity contribution in [1.82, 2.24) is 0 Å². The highest BCUT2D eigenvalue weighted by molar-refractivity contribution is 5.13. The van der Waals surface area contributed by atoms with Crippen molar-refractivity contribution in [2.24, 2.45) is 0 Å². The first-order chi connectivity index (χ1) is 5.83. The molecule has 0 amide bonds. The number of hydrogen-bond acceptors (Lipinski definition) is 2. The summed E-state index contributed by atoms with van der Waals surface area (Å²) in [6.45, 7) is 7.14. The molecule has 0 aliphatic carbocycles. The molecule has 1 aliphatic heterocycles. The Labute approximate surface area is 73.2 Å². The summed E-state index contributed by atoms with van der Waals surface area (Å²) < 4.78 is 10.3. The van der Waals surface area contributed by atoms with Gasteiger partial charge in [0.2, 0.25) is 0 Å². The number of hydrogen-bond donors (Lipinski definition) is 0. The van der Waals surface area contributed by atoms with Gasteiger partial charge in [-0.15, -0.1) is 0 Å². The Kier molecular flexibility index (Phi) is 3.61. The molecule has 0 radical (unpaired) electrons. The van der Waals surface area contributed by atoms with E-state index in [-0.39, 0.29) is 0 Å². The van der Waals surface area contributed by atoms with Crippen LogP contribution in [0.2, 0.25) is 0 Å². The second-order valence-electron chi connectivity index (χ2n) is 2.62. The van der Waals surface area contributed by atoms with Gasteiger partial charge < -0.3 is 9.47 Å². The summed E-state index contributed by atoms with van der Waals surface area (Å²) in [7, 11) is 0. The Morgan fingerprint density at radius 3 is 3.00 bits per heavy atom. The van der Waals surface area contributed by atoms with E-state index in [1.54, 1.807) is 0 Å². The maximum atomic E-state index is 5.27. The Hall–Kier alpha value is -1.02. The SMILES string of the molecule is C=C(/C=C\C=C/C)OCC1CO1. The third kappa shape index (κ3) is 3.98. The van der Waals surface area contributed by atoms with Gasteiger partial charge in [-0.2, -0.15) is 0 Å². The Morgan fingerprint density at radius 1 is 1.67 bits per heavy atom. The zero-order valence-corrected chi connectivity index (χ0v) is 7.32. The molecule has 1 aliphatic rings. The molecule has 1 atom stereocenters. The van der Waals surface area contributed by atoms with Crippen LogP contribution < -0.4 is 0 Å². The van der Waals surface area contributed by atoms with Gasteiger partial charge in [0.05, 0.1) is 6.61 Å². The van der Waals surface area contributed by atoms with Crippen LogP contribution in [-0.2, 0) is 9.47 Å². The van der Waals surface area contributed by atoms with Crippen LogP contribution >= 0.6 is 0 Å². The molecule has 1 heterocycles. The Bertz CT molecular complexity index is 200. The van der Waals surface area contributed by atoms with Gasteiger partial charge in [0.25, 0.3) is 0 Å². The van der Waals surface area contributed by atoms with Crippen molar-refractivity contribution in [3.8, 4) is 0 Å². The predicted molar refractivity (Wildman–Crippen MR) is 48.8 cm³/mol. The molecular weight excluding hydrogens is 152 g/mol. The van der Waals surface area contributed by atoms with Crippen LogP contribution in [0.4, 0.5) is 0 Å². The van der Waals surface area contributed by atoms with Crippen molar-refractivity contribution in [3.05, 3.63) is 36.6 Å². The summed E-state index contributed by atoms with van der Waals surface area (Å²) in [6, 6.07) is 0. The van der Waals surface area contributed by atoms with Crippen LogP contribution in [0.3, 0.4) is 0 Å². The number of ether oxygens (including phenoxy) is 2. The normalized spacial score (nSPS) is 21.9. The fourth-order valence-corrected chi connectivity index (χ4v) is 0.686. The van der Waals surface area contributed by atoms with Crippen LogP contribution in [-0.4, -0.2) is 19.3 Å². The van der Waals surface area contributed by atoms with E-state index in [4.69, 9.17) is 9.47 Å². The fourth-order valence-electron chi connectivity index (χ4n) is 0.686. The molecule has 0 saturated carbocycles. The molecule has 1 unspecified atom stereocenters. The van der Waals surface area contributed by atoms with E-state index in [1.807, 2.05) is 31.2 Å². The quantitative estimate of drug-likeness (QED) is 0.354. The van der Waals surface area contributed by atoms with Crippen LogP contribution in [0, 0.1) is 0 Å². The van der Waals surface area contributed by atoms with Crippen LogP contribution in [0.25, 0.3) is 0 Å². The van der Waals surface area contributed by atoms with Crippen molar-refractivity contribution in [2.75, 3.05) is 13.2 Å². The highest BCUT2D eigenvalue weighted by Gasteiger charge is 2.22. The van der Waals surface area contributed by atoms with E-state index in [1.165, 1.54) is 0 Å². The van der Waals surface area contributed by atoms with Gasteiger partial charge in [-0.1, -0.05) is 24.8 Å². The largest absolute Gasteiger partial charge is 0.491 e. The topological polar surface area (TPSA) is 21.8 Å². The van der Waals surface area contributed by atoms with Gasteiger partial charge in [0.1, 0.15) is 18.5 Å². The van der Waals surface area contributed by atoms with Gasteiger partial charge in [0.15, 0.2) is 0 Å². The summed E-state index contributed by atoms with van der Waals surface area (Å²) in [5.41, 5.74) is 0. The summed E-state index contributed by atoms with van der Waals surface area (Å²) >= 11 is 0.